The first-order valence-corrected chi connectivity index (χ1v) is 9.18. The maximum absolute atomic E-state index is 11.4. The van der Waals surface area contributed by atoms with E-state index >= 15 is 0 Å². The van der Waals surface area contributed by atoms with Gasteiger partial charge in [0.1, 0.15) is 0 Å². The van der Waals surface area contributed by atoms with Gasteiger partial charge >= 0.3 is 0 Å². The van der Waals surface area contributed by atoms with Gasteiger partial charge < -0.3 is 14.8 Å². The molecule has 9 heteroatoms. The van der Waals surface area contributed by atoms with Crippen LogP contribution in [0.1, 0.15) is 12.0 Å². The number of ether oxygens (including phenoxy) is 2. The highest BCUT2D eigenvalue weighted by atomic mass is 32.2. The molecule has 0 bridgehead atoms. The van der Waals surface area contributed by atoms with E-state index in [-0.39, 0.29) is 17.5 Å². The number of nitrogens with one attached hydrogen (secondary N) is 2. The van der Waals surface area contributed by atoms with Crippen LogP contribution in [0.25, 0.3) is 0 Å². The Morgan fingerprint density at radius 2 is 2.09 bits per heavy atom. The Balaban J connectivity index is 1.87. The standard InChI is InChI=1S/C14H19N3O4S2/c1-20-12-4-3-10(7-13(12)21-2)8-15-17-14(22)16-11-5-6-23(18,19)9-11/h3-4,7-8,11H,5-6,9H2,1-2H3,(H2,16,17,22). The van der Waals surface area contributed by atoms with Gasteiger partial charge in [-0.25, -0.2) is 8.42 Å². The van der Waals surface area contributed by atoms with Gasteiger partial charge in [-0.15, -0.1) is 0 Å². The quantitative estimate of drug-likeness (QED) is 0.455. The van der Waals surface area contributed by atoms with E-state index in [0.717, 1.165) is 5.56 Å². The SMILES string of the molecule is COc1ccc(C=NNC(=S)NC2CCS(=O)(=O)C2)cc1OC. The van der Waals surface area contributed by atoms with Crippen LogP contribution in [-0.4, -0.2) is 51.5 Å². The lowest BCUT2D eigenvalue weighted by atomic mass is 10.2. The Kier molecular flexibility index (Phi) is 5.78. The number of thiocarbonyl (C=S) groups is 1. The summed E-state index contributed by atoms with van der Waals surface area (Å²) in [7, 11) is 0.198. The van der Waals surface area contributed by atoms with Gasteiger partial charge in [0.15, 0.2) is 26.4 Å². The average molecular weight is 357 g/mol. The zero-order chi connectivity index (χ0) is 16.9. The third-order valence-electron chi connectivity index (χ3n) is 3.35. The number of sulfone groups is 1. The van der Waals surface area contributed by atoms with Crippen molar-refractivity contribution in [1.29, 1.82) is 0 Å². The van der Waals surface area contributed by atoms with Gasteiger partial charge in [0.25, 0.3) is 0 Å². The maximum Gasteiger partial charge on any atom is 0.187 e. The molecule has 0 radical (unpaired) electrons. The van der Waals surface area contributed by atoms with Crippen LogP contribution in [0.5, 0.6) is 11.5 Å². The lowest BCUT2D eigenvalue weighted by Crippen LogP contribution is -2.40. The summed E-state index contributed by atoms with van der Waals surface area (Å²) < 4.78 is 33.1. The predicted octanol–water partition coefficient (Wildman–Crippen LogP) is 0.689. The summed E-state index contributed by atoms with van der Waals surface area (Å²) in [5.41, 5.74) is 3.48. The second-order valence-corrected chi connectivity index (χ2v) is 7.69. The minimum Gasteiger partial charge on any atom is -0.493 e. The summed E-state index contributed by atoms with van der Waals surface area (Å²) in [5.74, 6) is 1.54. The van der Waals surface area contributed by atoms with Gasteiger partial charge in [-0.2, -0.15) is 5.10 Å². The van der Waals surface area contributed by atoms with Crippen molar-refractivity contribution in [2.24, 2.45) is 5.10 Å². The van der Waals surface area contributed by atoms with Crippen molar-refractivity contribution < 1.29 is 17.9 Å². The molecule has 1 aliphatic heterocycles. The monoisotopic (exact) mass is 357 g/mol. The summed E-state index contributed by atoms with van der Waals surface area (Å²) >= 11 is 5.09. The molecule has 1 aromatic rings. The summed E-state index contributed by atoms with van der Waals surface area (Å²) in [4.78, 5) is 0. The molecular formula is C14H19N3O4S2. The van der Waals surface area contributed by atoms with Crippen molar-refractivity contribution in [1.82, 2.24) is 10.7 Å². The lowest BCUT2D eigenvalue weighted by molar-refractivity contribution is 0.355. The summed E-state index contributed by atoms with van der Waals surface area (Å²) in [6, 6.07) is 5.23. The third kappa shape index (κ3) is 5.07. The molecule has 1 fully saturated rings. The molecule has 1 heterocycles. The highest BCUT2D eigenvalue weighted by molar-refractivity contribution is 7.91. The Labute approximate surface area is 141 Å². The van der Waals surface area contributed by atoms with Crippen LogP contribution in [-0.2, 0) is 9.84 Å². The minimum atomic E-state index is -2.93. The number of hydrogen-bond donors (Lipinski definition) is 2. The molecule has 7 nitrogen and oxygen atoms in total. The first-order chi connectivity index (χ1) is 10.9. The topological polar surface area (TPSA) is 89.0 Å². The van der Waals surface area contributed by atoms with Crippen LogP contribution in [0.2, 0.25) is 0 Å². The van der Waals surface area contributed by atoms with Crippen LogP contribution in [0.15, 0.2) is 23.3 Å². The van der Waals surface area contributed by atoms with Crippen molar-refractivity contribution in [3.63, 3.8) is 0 Å². The normalized spacial score (nSPS) is 19.5. The predicted molar refractivity (Wildman–Crippen MR) is 93.1 cm³/mol. The Bertz CT molecular complexity index is 704. The largest absolute Gasteiger partial charge is 0.493 e. The van der Waals surface area contributed by atoms with Gasteiger partial charge in [-0.05, 0) is 42.4 Å². The number of nitrogens with zero attached hydrogens (tertiary/aromatic N) is 1. The highest BCUT2D eigenvalue weighted by Gasteiger charge is 2.28. The number of rotatable bonds is 5. The van der Waals surface area contributed by atoms with E-state index < -0.39 is 9.84 Å². The zero-order valence-corrected chi connectivity index (χ0v) is 14.5. The van der Waals surface area contributed by atoms with E-state index in [9.17, 15) is 8.42 Å². The minimum absolute atomic E-state index is 0.105. The van der Waals surface area contributed by atoms with Crippen LogP contribution < -0.4 is 20.2 Å². The Morgan fingerprint density at radius 3 is 2.70 bits per heavy atom. The van der Waals surface area contributed by atoms with Crippen molar-refractivity contribution >= 4 is 33.4 Å². The molecule has 1 aromatic carbocycles. The fourth-order valence-electron chi connectivity index (χ4n) is 2.23. The van der Waals surface area contributed by atoms with Gasteiger partial charge in [0.2, 0.25) is 0 Å². The first-order valence-electron chi connectivity index (χ1n) is 6.95. The van der Waals surface area contributed by atoms with Crippen molar-refractivity contribution in [3.05, 3.63) is 23.8 Å². The van der Waals surface area contributed by atoms with Gasteiger partial charge in [-0.1, -0.05) is 0 Å². The number of hydrogen-bond acceptors (Lipinski definition) is 6. The second-order valence-electron chi connectivity index (χ2n) is 5.06. The van der Waals surface area contributed by atoms with E-state index in [4.69, 9.17) is 21.7 Å². The Hall–Kier alpha value is -1.87. The molecule has 0 aliphatic carbocycles. The van der Waals surface area contributed by atoms with Crippen LogP contribution in [0.4, 0.5) is 0 Å². The van der Waals surface area contributed by atoms with Crippen LogP contribution in [0.3, 0.4) is 0 Å². The van der Waals surface area contributed by atoms with E-state index in [0.29, 0.717) is 23.0 Å². The van der Waals surface area contributed by atoms with Gasteiger partial charge in [-0.3, -0.25) is 5.43 Å². The van der Waals surface area contributed by atoms with Crippen LogP contribution >= 0.6 is 12.2 Å². The smallest absolute Gasteiger partial charge is 0.187 e. The van der Waals surface area contributed by atoms with E-state index in [1.165, 1.54) is 0 Å². The van der Waals surface area contributed by atoms with Crippen LogP contribution in [0, 0.1) is 0 Å². The fraction of sp³-hybridized carbons (Fsp3) is 0.429. The molecule has 1 unspecified atom stereocenters. The number of benzene rings is 1. The molecule has 1 atom stereocenters. The molecule has 0 spiro atoms. The lowest BCUT2D eigenvalue weighted by Gasteiger charge is -2.12. The molecule has 0 saturated carbocycles. The van der Waals surface area contributed by atoms with E-state index in [1.807, 2.05) is 6.07 Å². The summed E-state index contributed by atoms with van der Waals surface area (Å²) in [5, 5.41) is 7.27. The molecule has 0 aromatic heterocycles. The second kappa shape index (κ2) is 7.60. The molecule has 1 aliphatic rings. The van der Waals surface area contributed by atoms with Gasteiger partial charge in [0.05, 0.1) is 31.9 Å². The molecular weight excluding hydrogens is 338 g/mol. The molecule has 0 amide bonds. The molecule has 126 valence electrons. The summed E-state index contributed by atoms with van der Waals surface area (Å²) in [6.07, 6.45) is 2.14. The first kappa shape index (κ1) is 17.5. The molecule has 1 saturated heterocycles. The highest BCUT2D eigenvalue weighted by Crippen LogP contribution is 2.26. The maximum atomic E-state index is 11.4. The fourth-order valence-corrected chi connectivity index (χ4v) is 4.12. The zero-order valence-electron chi connectivity index (χ0n) is 12.9. The third-order valence-corrected chi connectivity index (χ3v) is 5.33. The number of methoxy groups -OCH3 is 2. The molecule has 23 heavy (non-hydrogen) atoms. The molecule has 2 rings (SSSR count). The Morgan fingerprint density at radius 1 is 1.35 bits per heavy atom. The van der Waals surface area contributed by atoms with Crippen molar-refractivity contribution in [2.45, 2.75) is 12.5 Å². The average Bonchev–Trinajstić information content (AvgIpc) is 2.85. The summed E-state index contributed by atoms with van der Waals surface area (Å²) in [6.45, 7) is 0. The molecule has 2 N–H and O–H groups in total. The van der Waals surface area contributed by atoms with Crippen molar-refractivity contribution in [3.8, 4) is 11.5 Å². The van der Waals surface area contributed by atoms with Gasteiger partial charge in [0, 0.05) is 6.04 Å². The number of hydrazone groups is 1. The van der Waals surface area contributed by atoms with E-state index in [1.54, 1.807) is 32.6 Å². The van der Waals surface area contributed by atoms with Crippen molar-refractivity contribution in [2.75, 3.05) is 25.7 Å². The van der Waals surface area contributed by atoms with E-state index in [2.05, 4.69) is 15.8 Å².